The molecule has 1 fully saturated rings. The van der Waals surface area contributed by atoms with E-state index in [9.17, 15) is 9.18 Å². The third kappa shape index (κ3) is 4.51. The molecule has 0 aliphatic heterocycles. The molecule has 0 saturated heterocycles. The van der Waals surface area contributed by atoms with Gasteiger partial charge in [0, 0.05) is 12.3 Å². The number of aryl methyl sites for hydroxylation is 1. The van der Waals surface area contributed by atoms with Gasteiger partial charge in [0.1, 0.15) is 17.3 Å². The molecule has 2 nitrogen and oxygen atoms in total. The minimum atomic E-state index is -0.188. The molecule has 0 spiro atoms. The van der Waals surface area contributed by atoms with Crippen LogP contribution in [0.5, 0.6) is 5.75 Å². The van der Waals surface area contributed by atoms with Crippen molar-refractivity contribution in [2.75, 3.05) is 7.11 Å². The standard InChI is InChI=1S/C23H27FO2/c1-16(5-3-6-17-9-11-20(24)12-10-17)18-13-19(15-21(14-18)26-2)22-7-4-8-23(22)25/h9-16,22H,3-8H2,1-2H3. The van der Waals surface area contributed by atoms with Gasteiger partial charge in [0.15, 0.2) is 0 Å². The van der Waals surface area contributed by atoms with Crippen LogP contribution < -0.4 is 4.74 Å². The summed E-state index contributed by atoms with van der Waals surface area (Å²) in [6.07, 6.45) is 5.67. The molecule has 0 N–H and O–H groups in total. The molecule has 0 heterocycles. The summed E-state index contributed by atoms with van der Waals surface area (Å²) in [5.74, 6) is 1.43. The van der Waals surface area contributed by atoms with Crippen molar-refractivity contribution in [1.29, 1.82) is 0 Å². The second kappa shape index (κ2) is 8.48. The summed E-state index contributed by atoms with van der Waals surface area (Å²) in [7, 11) is 1.68. The largest absolute Gasteiger partial charge is 0.497 e. The number of carbonyl (C=O) groups is 1. The topological polar surface area (TPSA) is 26.3 Å². The zero-order valence-electron chi connectivity index (χ0n) is 15.6. The monoisotopic (exact) mass is 354 g/mol. The molecule has 2 aromatic rings. The lowest BCUT2D eigenvalue weighted by molar-refractivity contribution is -0.118. The summed E-state index contributed by atoms with van der Waals surface area (Å²) in [5, 5.41) is 0. The average Bonchev–Trinajstić information content (AvgIpc) is 3.09. The number of rotatable bonds is 7. The van der Waals surface area contributed by atoms with E-state index >= 15 is 0 Å². The van der Waals surface area contributed by atoms with E-state index in [0.29, 0.717) is 18.1 Å². The maximum atomic E-state index is 13.0. The van der Waals surface area contributed by atoms with E-state index in [2.05, 4.69) is 19.1 Å². The van der Waals surface area contributed by atoms with E-state index in [1.807, 2.05) is 18.2 Å². The van der Waals surface area contributed by atoms with Crippen molar-refractivity contribution in [1.82, 2.24) is 0 Å². The van der Waals surface area contributed by atoms with E-state index in [1.54, 1.807) is 7.11 Å². The molecule has 0 amide bonds. The number of carbonyl (C=O) groups excluding carboxylic acids is 1. The Bertz CT molecular complexity index is 751. The first-order valence-electron chi connectivity index (χ1n) is 9.53. The van der Waals surface area contributed by atoms with Crippen molar-refractivity contribution < 1.29 is 13.9 Å². The maximum Gasteiger partial charge on any atom is 0.140 e. The lowest BCUT2D eigenvalue weighted by Crippen LogP contribution is -2.06. The fourth-order valence-corrected chi connectivity index (χ4v) is 3.85. The summed E-state index contributed by atoms with van der Waals surface area (Å²) in [4.78, 5) is 12.1. The van der Waals surface area contributed by atoms with Gasteiger partial charge < -0.3 is 4.74 Å². The fourth-order valence-electron chi connectivity index (χ4n) is 3.85. The molecule has 2 atom stereocenters. The van der Waals surface area contributed by atoms with Crippen LogP contribution in [0.1, 0.15) is 67.6 Å². The highest BCUT2D eigenvalue weighted by atomic mass is 19.1. The van der Waals surface area contributed by atoms with Crippen LogP contribution in [0.15, 0.2) is 42.5 Å². The second-order valence-electron chi connectivity index (χ2n) is 7.37. The molecule has 2 aromatic carbocycles. The van der Waals surface area contributed by atoms with Crippen LogP contribution in [0.4, 0.5) is 4.39 Å². The second-order valence-corrected chi connectivity index (χ2v) is 7.37. The summed E-state index contributed by atoms with van der Waals surface area (Å²) in [6, 6.07) is 13.1. The van der Waals surface area contributed by atoms with Crippen LogP contribution >= 0.6 is 0 Å². The Morgan fingerprint density at radius 3 is 2.62 bits per heavy atom. The van der Waals surface area contributed by atoms with Gasteiger partial charge in [-0.2, -0.15) is 0 Å². The number of hydrogen-bond donors (Lipinski definition) is 0. The molecule has 1 aliphatic carbocycles. The van der Waals surface area contributed by atoms with E-state index in [4.69, 9.17) is 4.74 Å². The van der Waals surface area contributed by atoms with Crippen molar-refractivity contribution >= 4 is 5.78 Å². The van der Waals surface area contributed by atoms with Gasteiger partial charge in [-0.25, -0.2) is 4.39 Å². The van der Waals surface area contributed by atoms with Gasteiger partial charge in [-0.05, 0) is 79.0 Å². The van der Waals surface area contributed by atoms with Gasteiger partial charge in [-0.1, -0.05) is 25.1 Å². The third-order valence-electron chi connectivity index (χ3n) is 5.48. The predicted octanol–water partition coefficient (Wildman–Crippen LogP) is 5.80. The lowest BCUT2D eigenvalue weighted by atomic mass is 9.89. The first-order valence-corrected chi connectivity index (χ1v) is 9.53. The molecule has 138 valence electrons. The Hall–Kier alpha value is -2.16. The Kier molecular flexibility index (Phi) is 6.08. The maximum absolute atomic E-state index is 13.0. The van der Waals surface area contributed by atoms with Crippen LogP contribution in [-0.4, -0.2) is 12.9 Å². The highest BCUT2D eigenvalue weighted by Crippen LogP contribution is 2.35. The quantitative estimate of drug-likeness (QED) is 0.628. The van der Waals surface area contributed by atoms with Crippen molar-refractivity contribution in [3.05, 3.63) is 65.0 Å². The molecule has 3 rings (SSSR count). The van der Waals surface area contributed by atoms with Crippen molar-refractivity contribution in [3.8, 4) is 5.75 Å². The number of halogens is 1. The van der Waals surface area contributed by atoms with Gasteiger partial charge in [0.2, 0.25) is 0 Å². The Labute approximate surface area is 155 Å². The molecule has 26 heavy (non-hydrogen) atoms. The molecule has 1 aliphatic rings. The van der Waals surface area contributed by atoms with E-state index in [1.165, 1.54) is 23.3 Å². The lowest BCUT2D eigenvalue weighted by Gasteiger charge is -2.17. The molecule has 3 heteroatoms. The van der Waals surface area contributed by atoms with Crippen LogP contribution in [0.2, 0.25) is 0 Å². The first-order chi connectivity index (χ1) is 12.6. The molecule has 2 unspecified atom stereocenters. The van der Waals surface area contributed by atoms with Crippen molar-refractivity contribution in [2.24, 2.45) is 0 Å². The van der Waals surface area contributed by atoms with Gasteiger partial charge >= 0.3 is 0 Å². The molecule has 0 aromatic heterocycles. The highest BCUT2D eigenvalue weighted by Gasteiger charge is 2.27. The minimum Gasteiger partial charge on any atom is -0.497 e. The first kappa shape index (κ1) is 18.6. The smallest absolute Gasteiger partial charge is 0.140 e. The summed E-state index contributed by atoms with van der Waals surface area (Å²) in [5.41, 5.74) is 3.51. The zero-order chi connectivity index (χ0) is 18.5. The number of ether oxygens (including phenoxy) is 1. The van der Waals surface area contributed by atoms with Crippen molar-refractivity contribution in [3.63, 3.8) is 0 Å². The summed E-state index contributed by atoms with van der Waals surface area (Å²) >= 11 is 0. The van der Waals surface area contributed by atoms with Gasteiger partial charge in [0.25, 0.3) is 0 Å². The number of benzene rings is 2. The minimum absolute atomic E-state index is 0.0373. The zero-order valence-corrected chi connectivity index (χ0v) is 15.6. The number of ketones is 1. The number of methoxy groups -OCH3 is 1. The van der Waals surface area contributed by atoms with Gasteiger partial charge in [-0.15, -0.1) is 0 Å². The SMILES string of the molecule is COc1cc(C(C)CCCc2ccc(F)cc2)cc(C2CCCC2=O)c1. The van der Waals surface area contributed by atoms with Gasteiger partial charge in [-0.3, -0.25) is 4.79 Å². The average molecular weight is 354 g/mol. The van der Waals surface area contributed by atoms with Crippen LogP contribution in [0.25, 0.3) is 0 Å². The molecular weight excluding hydrogens is 327 g/mol. The van der Waals surface area contributed by atoms with Gasteiger partial charge in [0.05, 0.1) is 7.11 Å². The van der Waals surface area contributed by atoms with E-state index in [-0.39, 0.29) is 11.7 Å². The normalized spacial score (nSPS) is 18.1. The summed E-state index contributed by atoms with van der Waals surface area (Å²) in [6.45, 7) is 2.22. The van der Waals surface area contributed by atoms with Crippen molar-refractivity contribution in [2.45, 2.75) is 57.3 Å². The molecule has 1 saturated carbocycles. The Balaban J connectivity index is 1.66. The number of Topliss-reactive ketones (excluding diaryl/α,β-unsaturated/α-hetero) is 1. The van der Waals surface area contributed by atoms with Crippen LogP contribution in [0, 0.1) is 5.82 Å². The third-order valence-corrected chi connectivity index (χ3v) is 5.48. The summed E-state index contributed by atoms with van der Waals surface area (Å²) < 4.78 is 18.5. The van der Waals surface area contributed by atoms with E-state index in [0.717, 1.165) is 43.4 Å². The van der Waals surface area contributed by atoms with E-state index < -0.39 is 0 Å². The Morgan fingerprint density at radius 2 is 1.96 bits per heavy atom. The predicted molar refractivity (Wildman–Crippen MR) is 102 cm³/mol. The molecule has 0 radical (unpaired) electrons. The van der Waals surface area contributed by atoms with Crippen LogP contribution in [0.3, 0.4) is 0 Å². The molecular formula is C23H27FO2. The Morgan fingerprint density at radius 1 is 1.19 bits per heavy atom. The van der Waals surface area contributed by atoms with Crippen LogP contribution in [-0.2, 0) is 11.2 Å². The number of hydrogen-bond acceptors (Lipinski definition) is 2. The fraction of sp³-hybridized carbons (Fsp3) is 0.435. The highest BCUT2D eigenvalue weighted by molar-refractivity contribution is 5.87. The molecule has 0 bridgehead atoms.